The van der Waals surface area contributed by atoms with Crippen LogP contribution in [0.15, 0.2) is 18.3 Å². The largest absolute Gasteiger partial charge is 0.389 e. The Morgan fingerprint density at radius 2 is 2.15 bits per heavy atom. The van der Waals surface area contributed by atoms with Crippen molar-refractivity contribution in [3.05, 3.63) is 29.6 Å². The van der Waals surface area contributed by atoms with Gasteiger partial charge in [0.25, 0.3) is 0 Å². The number of nitrogens with zero attached hydrogens (tertiary/aromatic N) is 1. The number of aliphatic hydroxyl groups is 1. The van der Waals surface area contributed by atoms with Gasteiger partial charge in [0.15, 0.2) is 0 Å². The van der Waals surface area contributed by atoms with Gasteiger partial charge in [0.2, 0.25) is 0 Å². The van der Waals surface area contributed by atoms with Crippen molar-refractivity contribution in [3.63, 3.8) is 0 Å². The Hall–Kier alpha value is -0.970. The average molecular weight is 280 g/mol. The van der Waals surface area contributed by atoms with Gasteiger partial charge in [-0.15, -0.1) is 0 Å². The van der Waals surface area contributed by atoms with Crippen molar-refractivity contribution in [1.29, 1.82) is 0 Å². The second-order valence-electron chi connectivity index (χ2n) is 5.23. The summed E-state index contributed by atoms with van der Waals surface area (Å²) >= 11 is 0. The van der Waals surface area contributed by atoms with E-state index in [4.69, 9.17) is 4.74 Å². The smallest absolute Gasteiger partial charge is 0.0897 e. The van der Waals surface area contributed by atoms with Gasteiger partial charge in [-0.05, 0) is 25.0 Å². The van der Waals surface area contributed by atoms with Gasteiger partial charge in [0, 0.05) is 31.6 Å². The number of rotatable bonds is 11. The lowest BCUT2D eigenvalue weighted by atomic mass is 10.2. The van der Waals surface area contributed by atoms with E-state index in [1.807, 2.05) is 25.3 Å². The minimum atomic E-state index is -0.445. The van der Waals surface area contributed by atoms with E-state index in [1.54, 1.807) is 0 Å². The van der Waals surface area contributed by atoms with Gasteiger partial charge in [0.1, 0.15) is 0 Å². The van der Waals surface area contributed by atoms with Gasteiger partial charge >= 0.3 is 0 Å². The van der Waals surface area contributed by atoms with Gasteiger partial charge < -0.3 is 15.2 Å². The van der Waals surface area contributed by atoms with E-state index in [9.17, 15) is 5.11 Å². The molecule has 0 aliphatic rings. The predicted octanol–water partition coefficient (Wildman–Crippen LogP) is 2.44. The molecule has 0 aliphatic heterocycles. The highest BCUT2D eigenvalue weighted by Crippen LogP contribution is 2.00. The Kier molecular flexibility index (Phi) is 9.20. The number of hydrogen-bond acceptors (Lipinski definition) is 4. The van der Waals surface area contributed by atoms with Gasteiger partial charge in [-0.25, -0.2) is 0 Å². The Morgan fingerprint density at radius 1 is 1.30 bits per heavy atom. The highest BCUT2D eigenvalue weighted by atomic mass is 16.5. The lowest BCUT2D eigenvalue weighted by Crippen LogP contribution is -2.30. The summed E-state index contributed by atoms with van der Waals surface area (Å²) < 4.78 is 5.46. The number of aliphatic hydroxyl groups excluding tert-OH is 1. The van der Waals surface area contributed by atoms with Crippen LogP contribution in [0.3, 0.4) is 0 Å². The zero-order chi connectivity index (χ0) is 14.6. The molecule has 1 rings (SSSR count). The number of aryl methyl sites for hydroxylation is 1. The second-order valence-corrected chi connectivity index (χ2v) is 5.23. The molecule has 0 amide bonds. The maximum atomic E-state index is 9.77. The summed E-state index contributed by atoms with van der Waals surface area (Å²) in [6.45, 7) is 6.59. The molecule has 0 spiro atoms. The van der Waals surface area contributed by atoms with Crippen LogP contribution >= 0.6 is 0 Å². The minimum absolute atomic E-state index is 0.408. The molecular formula is C16H28N2O2. The van der Waals surface area contributed by atoms with Crippen LogP contribution in [0.4, 0.5) is 0 Å². The van der Waals surface area contributed by atoms with Gasteiger partial charge in [-0.3, -0.25) is 4.98 Å². The first-order valence-electron chi connectivity index (χ1n) is 7.60. The summed E-state index contributed by atoms with van der Waals surface area (Å²) in [5, 5.41) is 13.0. The minimum Gasteiger partial charge on any atom is -0.389 e. The zero-order valence-corrected chi connectivity index (χ0v) is 12.8. The maximum absolute atomic E-state index is 9.77. The summed E-state index contributed by atoms with van der Waals surface area (Å²) in [6, 6.07) is 4.04. The quantitative estimate of drug-likeness (QED) is 0.611. The molecule has 1 atom stereocenters. The molecule has 0 aliphatic carbocycles. The third kappa shape index (κ3) is 8.25. The van der Waals surface area contributed by atoms with Crippen molar-refractivity contribution in [2.45, 2.75) is 52.2 Å². The first-order valence-corrected chi connectivity index (χ1v) is 7.60. The summed E-state index contributed by atoms with van der Waals surface area (Å²) in [4.78, 5) is 4.23. The third-order valence-corrected chi connectivity index (χ3v) is 3.13. The van der Waals surface area contributed by atoms with Gasteiger partial charge in [0.05, 0.1) is 12.7 Å². The lowest BCUT2D eigenvalue weighted by Gasteiger charge is -2.12. The van der Waals surface area contributed by atoms with Crippen LogP contribution in [-0.2, 0) is 11.3 Å². The van der Waals surface area contributed by atoms with Gasteiger partial charge in [-0.1, -0.05) is 32.3 Å². The van der Waals surface area contributed by atoms with E-state index >= 15 is 0 Å². The molecule has 0 saturated heterocycles. The van der Waals surface area contributed by atoms with Crippen molar-refractivity contribution >= 4 is 0 Å². The Bertz CT molecular complexity index is 341. The molecule has 0 bridgehead atoms. The van der Waals surface area contributed by atoms with Crippen LogP contribution in [0.1, 0.15) is 43.9 Å². The molecule has 114 valence electrons. The molecule has 2 N–H and O–H groups in total. The zero-order valence-electron chi connectivity index (χ0n) is 12.8. The molecule has 0 saturated carbocycles. The Labute approximate surface area is 122 Å². The number of ether oxygens (including phenoxy) is 1. The molecule has 0 radical (unpaired) electrons. The van der Waals surface area contributed by atoms with Gasteiger partial charge in [-0.2, -0.15) is 0 Å². The monoisotopic (exact) mass is 280 g/mol. The number of hydrogen-bond donors (Lipinski definition) is 2. The molecule has 4 heteroatoms. The SMILES string of the molecule is CCCCCCOCC(O)CNCc1ccc(C)nc1. The fourth-order valence-electron chi connectivity index (χ4n) is 1.90. The van der Waals surface area contributed by atoms with E-state index in [0.717, 1.165) is 30.8 Å². The van der Waals surface area contributed by atoms with Crippen molar-refractivity contribution < 1.29 is 9.84 Å². The van der Waals surface area contributed by atoms with Crippen LogP contribution in [0, 0.1) is 6.92 Å². The highest BCUT2D eigenvalue weighted by molar-refractivity contribution is 5.12. The van der Waals surface area contributed by atoms with E-state index in [0.29, 0.717) is 13.2 Å². The first-order chi connectivity index (χ1) is 9.72. The molecular weight excluding hydrogens is 252 g/mol. The van der Waals surface area contributed by atoms with Crippen LogP contribution in [0.2, 0.25) is 0 Å². The standard InChI is InChI=1S/C16H28N2O2/c1-3-4-5-6-9-20-13-16(19)12-17-10-15-8-7-14(2)18-11-15/h7-8,11,16-17,19H,3-6,9-10,12-13H2,1-2H3. The molecule has 0 fully saturated rings. The molecule has 4 nitrogen and oxygen atoms in total. The molecule has 0 aromatic carbocycles. The van der Waals surface area contributed by atoms with Crippen LogP contribution in [0.25, 0.3) is 0 Å². The second kappa shape index (κ2) is 10.8. The summed E-state index contributed by atoms with van der Waals surface area (Å²) in [5.74, 6) is 0. The fourth-order valence-corrected chi connectivity index (χ4v) is 1.90. The molecule has 1 aromatic rings. The number of unbranched alkanes of at least 4 members (excludes halogenated alkanes) is 3. The Morgan fingerprint density at radius 3 is 2.85 bits per heavy atom. The highest BCUT2D eigenvalue weighted by Gasteiger charge is 2.03. The Balaban J connectivity index is 1.99. The van der Waals surface area contributed by atoms with Crippen molar-refractivity contribution in [1.82, 2.24) is 10.3 Å². The van der Waals surface area contributed by atoms with Crippen molar-refractivity contribution in [2.75, 3.05) is 19.8 Å². The number of nitrogens with one attached hydrogen (secondary N) is 1. The first kappa shape index (κ1) is 17.1. The summed E-state index contributed by atoms with van der Waals surface area (Å²) in [5.41, 5.74) is 2.15. The van der Waals surface area contributed by atoms with E-state index in [2.05, 4.69) is 17.2 Å². The predicted molar refractivity (Wildman–Crippen MR) is 81.6 cm³/mol. The van der Waals surface area contributed by atoms with Crippen LogP contribution in [-0.4, -0.2) is 36.0 Å². The van der Waals surface area contributed by atoms with Crippen molar-refractivity contribution in [2.24, 2.45) is 0 Å². The molecule has 1 heterocycles. The number of aromatic nitrogens is 1. The normalized spacial score (nSPS) is 12.6. The molecule has 20 heavy (non-hydrogen) atoms. The molecule has 1 unspecified atom stereocenters. The fraction of sp³-hybridized carbons (Fsp3) is 0.688. The van der Waals surface area contributed by atoms with E-state index in [1.165, 1.54) is 19.3 Å². The van der Waals surface area contributed by atoms with E-state index in [-0.39, 0.29) is 0 Å². The number of pyridine rings is 1. The average Bonchev–Trinajstić information content (AvgIpc) is 2.45. The van der Waals surface area contributed by atoms with E-state index < -0.39 is 6.10 Å². The summed E-state index contributed by atoms with van der Waals surface area (Å²) in [6.07, 6.45) is 6.21. The van der Waals surface area contributed by atoms with Crippen molar-refractivity contribution in [3.8, 4) is 0 Å². The third-order valence-electron chi connectivity index (χ3n) is 3.13. The van der Waals surface area contributed by atoms with Crippen LogP contribution in [0.5, 0.6) is 0 Å². The lowest BCUT2D eigenvalue weighted by molar-refractivity contribution is 0.0353. The molecule has 1 aromatic heterocycles. The maximum Gasteiger partial charge on any atom is 0.0897 e. The summed E-state index contributed by atoms with van der Waals surface area (Å²) in [7, 11) is 0. The topological polar surface area (TPSA) is 54.4 Å². The van der Waals surface area contributed by atoms with Crippen LogP contribution < -0.4 is 5.32 Å².